The summed E-state index contributed by atoms with van der Waals surface area (Å²) in [5.41, 5.74) is 4.14. The van der Waals surface area contributed by atoms with Gasteiger partial charge < -0.3 is 24.0 Å². The molecule has 1 saturated carbocycles. The molecule has 1 aliphatic heterocycles. The topological polar surface area (TPSA) is 85.4 Å². The van der Waals surface area contributed by atoms with Crippen LogP contribution >= 0.6 is 0 Å². The van der Waals surface area contributed by atoms with Crippen molar-refractivity contribution in [2.45, 2.75) is 76.5 Å². The quantitative estimate of drug-likeness (QED) is 0.338. The number of carbonyl (C=O) groups excluding carboxylic acids is 3. The highest BCUT2D eigenvalue weighted by molar-refractivity contribution is 5.79. The van der Waals surface area contributed by atoms with Crippen molar-refractivity contribution in [3.05, 3.63) is 59.7 Å². The molecule has 8 nitrogen and oxygen atoms in total. The van der Waals surface area contributed by atoms with Gasteiger partial charge in [0.15, 0.2) is 0 Å². The van der Waals surface area contributed by atoms with E-state index in [1.807, 2.05) is 49.9 Å². The maximum absolute atomic E-state index is 13.8. The van der Waals surface area contributed by atoms with Crippen LogP contribution in [0.15, 0.2) is 48.5 Å². The molecule has 0 unspecified atom stereocenters. The highest BCUT2D eigenvalue weighted by atomic mass is 16.6. The number of amides is 2. The van der Waals surface area contributed by atoms with Crippen LogP contribution in [0.4, 0.5) is 9.59 Å². The average Bonchev–Trinajstić information content (AvgIpc) is 3.54. The van der Waals surface area contributed by atoms with Gasteiger partial charge in [0.2, 0.25) is 0 Å². The van der Waals surface area contributed by atoms with Crippen LogP contribution in [-0.2, 0) is 19.0 Å². The Morgan fingerprint density at radius 2 is 1.48 bits per heavy atom. The minimum absolute atomic E-state index is 0.0291. The number of rotatable bonds is 5. The van der Waals surface area contributed by atoms with Crippen molar-refractivity contribution in [2.75, 3.05) is 26.8 Å². The van der Waals surface area contributed by atoms with Gasteiger partial charge in [-0.15, -0.1) is 0 Å². The first kappa shape index (κ1) is 28.0. The maximum atomic E-state index is 13.8. The molecule has 2 amide bonds. The first-order valence-electron chi connectivity index (χ1n) is 14.4. The van der Waals surface area contributed by atoms with E-state index in [2.05, 4.69) is 24.3 Å². The van der Waals surface area contributed by atoms with Gasteiger partial charge in [0.1, 0.15) is 12.2 Å². The van der Waals surface area contributed by atoms with Gasteiger partial charge in [0.05, 0.1) is 13.0 Å². The van der Waals surface area contributed by atoms with Crippen LogP contribution in [0.1, 0.15) is 69.9 Å². The van der Waals surface area contributed by atoms with Gasteiger partial charge in [-0.25, -0.2) is 9.59 Å². The Balaban J connectivity index is 1.30. The van der Waals surface area contributed by atoms with E-state index in [4.69, 9.17) is 14.2 Å². The molecule has 2 aliphatic carbocycles. The molecule has 8 heteroatoms. The summed E-state index contributed by atoms with van der Waals surface area (Å²) in [5.74, 6) is -0.478. The van der Waals surface area contributed by atoms with Gasteiger partial charge in [-0.3, -0.25) is 4.79 Å². The number of ether oxygens (including phenoxy) is 3. The number of likely N-dealkylation sites (tertiary alicyclic amines) is 1. The molecule has 1 heterocycles. The SMILES string of the molecule is COC(=O)[C@H]1CC[C@@H](N(C(=O)OCC2c3ccccc3-c3ccccc32)C2CCN(C(=O)OC(C)(C)C)CC2)C1. The Labute approximate surface area is 236 Å². The molecule has 5 rings (SSSR count). The Morgan fingerprint density at radius 1 is 0.875 bits per heavy atom. The van der Waals surface area contributed by atoms with Crippen molar-refractivity contribution < 1.29 is 28.6 Å². The molecule has 40 heavy (non-hydrogen) atoms. The van der Waals surface area contributed by atoms with Crippen molar-refractivity contribution in [1.29, 1.82) is 0 Å². The van der Waals surface area contributed by atoms with Gasteiger partial charge in [0.25, 0.3) is 0 Å². The molecule has 3 aliphatic rings. The molecule has 0 aromatic heterocycles. The molecule has 2 aromatic rings. The minimum Gasteiger partial charge on any atom is -0.469 e. The Morgan fingerprint density at radius 3 is 2.05 bits per heavy atom. The molecule has 2 aromatic carbocycles. The number of fused-ring (bicyclic) bond motifs is 3. The van der Waals surface area contributed by atoms with E-state index in [-0.39, 0.29) is 48.7 Å². The van der Waals surface area contributed by atoms with Crippen LogP contribution in [0, 0.1) is 5.92 Å². The fourth-order valence-electron chi connectivity index (χ4n) is 6.51. The van der Waals surface area contributed by atoms with E-state index in [9.17, 15) is 14.4 Å². The molecule has 2 atom stereocenters. The summed E-state index contributed by atoms with van der Waals surface area (Å²) in [6.07, 6.45) is 2.53. The predicted octanol–water partition coefficient (Wildman–Crippen LogP) is 5.98. The summed E-state index contributed by atoms with van der Waals surface area (Å²) in [6.45, 7) is 6.81. The number of hydrogen-bond acceptors (Lipinski definition) is 6. The summed E-state index contributed by atoms with van der Waals surface area (Å²) in [7, 11) is 1.41. The Bertz CT molecular complexity index is 1200. The second-order valence-electron chi connectivity index (χ2n) is 12.1. The lowest BCUT2D eigenvalue weighted by Gasteiger charge is -2.41. The summed E-state index contributed by atoms with van der Waals surface area (Å²) < 4.78 is 16.6. The van der Waals surface area contributed by atoms with E-state index < -0.39 is 5.60 Å². The summed E-state index contributed by atoms with van der Waals surface area (Å²) in [6, 6.07) is 16.4. The summed E-state index contributed by atoms with van der Waals surface area (Å²) >= 11 is 0. The maximum Gasteiger partial charge on any atom is 0.410 e. The van der Waals surface area contributed by atoms with Crippen LogP contribution in [0.2, 0.25) is 0 Å². The average molecular weight is 549 g/mol. The third kappa shape index (κ3) is 5.81. The van der Waals surface area contributed by atoms with E-state index in [0.29, 0.717) is 38.8 Å². The zero-order chi connectivity index (χ0) is 28.4. The molecule has 0 bridgehead atoms. The van der Waals surface area contributed by atoms with Crippen molar-refractivity contribution in [2.24, 2.45) is 5.92 Å². The van der Waals surface area contributed by atoms with Crippen LogP contribution < -0.4 is 0 Å². The molecule has 0 radical (unpaired) electrons. The number of hydrogen-bond donors (Lipinski definition) is 0. The number of piperidine rings is 1. The number of nitrogens with zero attached hydrogens (tertiary/aromatic N) is 2. The van der Waals surface area contributed by atoms with Crippen molar-refractivity contribution in [1.82, 2.24) is 9.80 Å². The van der Waals surface area contributed by atoms with Gasteiger partial charge >= 0.3 is 18.2 Å². The first-order chi connectivity index (χ1) is 19.2. The lowest BCUT2D eigenvalue weighted by Crippen LogP contribution is -2.53. The van der Waals surface area contributed by atoms with Crippen LogP contribution in [-0.4, -0.2) is 72.4 Å². The van der Waals surface area contributed by atoms with E-state index in [1.54, 1.807) is 4.90 Å². The molecular formula is C32H40N2O6. The third-order valence-corrected chi connectivity index (χ3v) is 8.39. The molecule has 1 saturated heterocycles. The van der Waals surface area contributed by atoms with Crippen LogP contribution in [0.5, 0.6) is 0 Å². The summed E-state index contributed by atoms with van der Waals surface area (Å²) in [5, 5.41) is 0. The fourth-order valence-corrected chi connectivity index (χ4v) is 6.51. The number of esters is 1. The molecule has 0 spiro atoms. The lowest BCUT2D eigenvalue weighted by atomic mass is 9.98. The van der Waals surface area contributed by atoms with Crippen LogP contribution in [0.3, 0.4) is 0 Å². The molecule has 214 valence electrons. The lowest BCUT2D eigenvalue weighted by molar-refractivity contribution is -0.145. The normalized spacial score (nSPS) is 20.9. The van der Waals surface area contributed by atoms with Gasteiger partial charge in [0, 0.05) is 31.1 Å². The number of methoxy groups -OCH3 is 1. The van der Waals surface area contributed by atoms with Crippen LogP contribution in [0.25, 0.3) is 11.1 Å². The number of carbonyl (C=O) groups is 3. The van der Waals surface area contributed by atoms with Crippen molar-refractivity contribution in [3.8, 4) is 11.1 Å². The Hall–Kier alpha value is -3.55. The number of benzene rings is 2. The highest BCUT2D eigenvalue weighted by Gasteiger charge is 2.42. The predicted molar refractivity (Wildman–Crippen MR) is 151 cm³/mol. The van der Waals surface area contributed by atoms with Crippen molar-refractivity contribution >= 4 is 18.2 Å². The van der Waals surface area contributed by atoms with E-state index >= 15 is 0 Å². The van der Waals surface area contributed by atoms with Gasteiger partial charge in [-0.1, -0.05) is 48.5 Å². The van der Waals surface area contributed by atoms with E-state index in [0.717, 1.165) is 6.42 Å². The van der Waals surface area contributed by atoms with Gasteiger partial charge in [-0.05, 0) is 75.1 Å². The second-order valence-corrected chi connectivity index (χ2v) is 12.1. The molecule has 2 fully saturated rings. The smallest absolute Gasteiger partial charge is 0.410 e. The zero-order valence-electron chi connectivity index (χ0n) is 23.9. The molecular weight excluding hydrogens is 508 g/mol. The Kier molecular flexibility index (Phi) is 8.06. The largest absolute Gasteiger partial charge is 0.469 e. The second kappa shape index (κ2) is 11.5. The third-order valence-electron chi connectivity index (χ3n) is 8.39. The van der Waals surface area contributed by atoms with E-state index in [1.165, 1.54) is 29.4 Å². The fraction of sp³-hybridized carbons (Fsp3) is 0.531. The standard InChI is InChI=1S/C32H40N2O6/c1-32(2,3)40-30(36)33-17-15-22(16-18-33)34(23-14-13-21(19-23)29(35)38-4)31(37)39-20-28-26-11-7-5-9-24(26)25-10-6-8-12-27(25)28/h5-12,21-23,28H,13-20H2,1-4H3/t21-,23+/m0/s1. The first-order valence-corrected chi connectivity index (χ1v) is 14.4. The monoisotopic (exact) mass is 548 g/mol. The molecule has 0 N–H and O–H groups in total. The zero-order valence-corrected chi connectivity index (χ0v) is 23.9. The highest BCUT2D eigenvalue weighted by Crippen LogP contribution is 2.44. The van der Waals surface area contributed by atoms with Crippen molar-refractivity contribution in [3.63, 3.8) is 0 Å². The minimum atomic E-state index is -0.562. The van der Waals surface area contributed by atoms with Gasteiger partial charge in [-0.2, -0.15) is 0 Å². The summed E-state index contributed by atoms with van der Waals surface area (Å²) in [4.78, 5) is 42.3.